The van der Waals surface area contributed by atoms with Crippen molar-refractivity contribution in [1.29, 1.82) is 0 Å². The van der Waals surface area contributed by atoms with Gasteiger partial charge in [-0.15, -0.1) is 24.0 Å². The van der Waals surface area contributed by atoms with E-state index >= 15 is 0 Å². The van der Waals surface area contributed by atoms with Crippen LogP contribution in [0.25, 0.3) is 0 Å². The molecule has 0 radical (unpaired) electrons. The molecule has 0 fully saturated rings. The van der Waals surface area contributed by atoms with Crippen LogP contribution in [0.3, 0.4) is 0 Å². The predicted octanol–water partition coefficient (Wildman–Crippen LogP) is 4.25. The van der Waals surface area contributed by atoms with Crippen LogP contribution < -0.4 is 11.1 Å². The van der Waals surface area contributed by atoms with E-state index in [9.17, 15) is 0 Å². The maximum Gasteiger partial charge on any atom is 0.193 e. The molecule has 0 unspecified atom stereocenters. The second-order valence-corrected chi connectivity index (χ2v) is 5.78. The summed E-state index contributed by atoms with van der Waals surface area (Å²) in [5, 5.41) is 3.08. The number of unbranched alkanes of at least 4 members (excludes halogenated alkanes) is 1. The summed E-state index contributed by atoms with van der Waals surface area (Å²) < 4.78 is 0. The van der Waals surface area contributed by atoms with Gasteiger partial charge in [-0.2, -0.15) is 0 Å². The lowest BCUT2D eigenvalue weighted by Gasteiger charge is -2.17. The number of halogens is 1. The van der Waals surface area contributed by atoms with Gasteiger partial charge in [-0.3, -0.25) is 4.99 Å². The first-order valence-corrected chi connectivity index (χ1v) is 6.59. The van der Waals surface area contributed by atoms with Crippen molar-refractivity contribution in [2.75, 3.05) is 11.9 Å². The number of guanidine groups is 1. The molecule has 0 saturated carbocycles. The molecule has 0 saturated heterocycles. The number of para-hydroxylation sites is 1. The molecule has 1 aromatic carbocycles. The second-order valence-electron chi connectivity index (χ2n) is 5.78. The van der Waals surface area contributed by atoms with Gasteiger partial charge in [-0.25, -0.2) is 0 Å². The van der Waals surface area contributed by atoms with Crippen molar-refractivity contribution in [1.82, 2.24) is 0 Å². The van der Waals surface area contributed by atoms with Crippen molar-refractivity contribution in [2.45, 2.75) is 40.0 Å². The lowest BCUT2D eigenvalue weighted by atomic mass is 9.90. The molecule has 0 bridgehead atoms. The van der Waals surface area contributed by atoms with Crippen LogP contribution in [-0.2, 0) is 0 Å². The number of anilines is 1. The Morgan fingerprint density at radius 2 is 1.79 bits per heavy atom. The molecule has 0 heterocycles. The van der Waals surface area contributed by atoms with E-state index in [0.29, 0.717) is 11.4 Å². The molecule has 4 heteroatoms. The van der Waals surface area contributed by atoms with Gasteiger partial charge in [0.25, 0.3) is 0 Å². The molecule has 0 aliphatic carbocycles. The van der Waals surface area contributed by atoms with Crippen molar-refractivity contribution in [3.8, 4) is 0 Å². The molecule has 19 heavy (non-hydrogen) atoms. The molecule has 0 atom stereocenters. The monoisotopic (exact) mass is 375 g/mol. The highest BCUT2D eigenvalue weighted by molar-refractivity contribution is 14.0. The molecule has 0 aliphatic rings. The minimum Gasteiger partial charge on any atom is -0.370 e. The topological polar surface area (TPSA) is 50.4 Å². The van der Waals surface area contributed by atoms with Crippen molar-refractivity contribution < 1.29 is 0 Å². The lowest BCUT2D eigenvalue weighted by Crippen LogP contribution is -2.22. The standard InChI is InChI=1S/C15H25N3.HI/c1-15(2,3)11-7-8-12-17-14(16)18-13-9-5-4-6-10-13;/h4-6,9-10H,7-8,11-12H2,1-3H3,(H3,16,17,18);1H. The Balaban J connectivity index is 0.00000324. The molecule has 1 aromatic rings. The van der Waals surface area contributed by atoms with Crippen LogP contribution in [0, 0.1) is 5.41 Å². The average molecular weight is 375 g/mol. The van der Waals surface area contributed by atoms with E-state index in [1.165, 1.54) is 12.8 Å². The Morgan fingerprint density at radius 1 is 1.16 bits per heavy atom. The highest BCUT2D eigenvalue weighted by Crippen LogP contribution is 2.21. The van der Waals surface area contributed by atoms with Gasteiger partial charge < -0.3 is 11.1 Å². The third kappa shape index (κ3) is 9.76. The zero-order chi connectivity index (χ0) is 13.4. The number of nitrogens with two attached hydrogens (primary N) is 1. The summed E-state index contributed by atoms with van der Waals surface area (Å²) in [6.07, 6.45) is 3.52. The Kier molecular flexibility index (Phi) is 8.80. The summed E-state index contributed by atoms with van der Waals surface area (Å²) >= 11 is 0. The number of hydrogen-bond acceptors (Lipinski definition) is 1. The molecule has 3 nitrogen and oxygen atoms in total. The second kappa shape index (κ2) is 9.18. The first kappa shape index (κ1) is 18.2. The summed E-state index contributed by atoms with van der Waals surface area (Å²) in [6, 6.07) is 9.87. The smallest absolute Gasteiger partial charge is 0.193 e. The van der Waals surface area contributed by atoms with Gasteiger partial charge >= 0.3 is 0 Å². The van der Waals surface area contributed by atoms with E-state index in [4.69, 9.17) is 5.73 Å². The Morgan fingerprint density at radius 3 is 2.37 bits per heavy atom. The van der Waals surface area contributed by atoms with E-state index in [1.54, 1.807) is 0 Å². The van der Waals surface area contributed by atoms with Gasteiger partial charge in [0.05, 0.1) is 0 Å². The molecular formula is C15H26IN3. The highest BCUT2D eigenvalue weighted by atomic mass is 127. The lowest BCUT2D eigenvalue weighted by molar-refractivity contribution is 0.361. The van der Waals surface area contributed by atoms with Gasteiger partial charge in [0.1, 0.15) is 0 Å². The summed E-state index contributed by atoms with van der Waals surface area (Å²) in [6.45, 7) is 7.59. The fourth-order valence-electron chi connectivity index (χ4n) is 1.68. The predicted molar refractivity (Wildman–Crippen MR) is 95.3 cm³/mol. The Hall–Kier alpha value is -0.780. The Labute approximate surface area is 134 Å². The van der Waals surface area contributed by atoms with Crippen LogP contribution in [0.1, 0.15) is 40.0 Å². The summed E-state index contributed by atoms with van der Waals surface area (Å²) in [5.74, 6) is 0.497. The first-order valence-electron chi connectivity index (χ1n) is 6.59. The molecule has 0 aliphatic heterocycles. The fourth-order valence-corrected chi connectivity index (χ4v) is 1.68. The molecule has 108 valence electrons. The van der Waals surface area contributed by atoms with Gasteiger partial charge in [0, 0.05) is 12.2 Å². The normalized spacial score (nSPS) is 11.8. The van der Waals surface area contributed by atoms with Crippen molar-refractivity contribution in [2.24, 2.45) is 16.1 Å². The van der Waals surface area contributed by atoms with Crippen LogP contribution in [0.2, 0.25) is 0 Å². The van der Waals surface area contributed by atoms with Gasteiger partial charge in [0.15, 0.2) is 5.96 Å². The average Bonchev–Trinajstić information content (AvgIpc) is 2.28. The van der Waals surface area contributed by atoms with E-state index in [0.717, 1.165) is 18.7 Å². The van der Waals surface area contributed by atoms with Crippen LogP contribution in [0.15, 0.2) is 35.3 Å². The summed E-state index contributed by atoms with van der Waals surface area (Å²) in [5.41, 5.74) is 7.21. The maximum absolute atomic E-state index is 5.81. The van der Waals surface area contributed by atoms with E-state index in [2.05, 4.69) is 31.1 Å². The third-order valence-electron chi connectivity index (χ3n) is 2.66. The van der Waals surface area contributed by atoms with Gasteiger partial charge in [-0.05, 0) is 30.4 Å². The first-order chi connectivity index (χ1) is 8.47. The number of nitrogens with zero attached hydrogens (tertiary/aromatic N) is 1. The Bertz CT molecular complexity index is 369. The van der Waals surface area contributed by atoms with E-state index < -0.39 is 0 Å². The minimum absolute atomic E-state index is 0. The number of benzene rings is 1. The van der Waals surface area contributed by atoms with Crippen molar-refractivity contribution in [3.63, 3.8) is 0 Å². The van der Waals surface area contributed by atoms with Crippen molar-refractivity contribution in [3.05, 3.63) is 30.3 Å². The molecular weight excluding hydrogens is 349 g/mol. The van der Waals surface area contributed by atoms with E-state index in [-0.39, 0.29) is 24.0 Å². The molecule has 0 aromatic heterocycles. The number of rotatable bonds is 5. The van der Waals surface area contributed by atoms with E-state index in [1.807, 2.05) is 30.3 Å². The zero-order valence-corrected chi connectivity index (χ0v) is 14.5. The zero-order valence-electron chi connectivity index (χ0n) is 12.1. The third-order valence-corrected chi connectivity index (χ3v) is 2.66. The van der Waals surface area contributed by atoms with Crippen LogP contribution in [0.5, 0.6) is 0 Å². The molecule has 1 rings (SSSR count). The largest absolute Gasteiger partial charge is 0.370 e. The molecule has 0 spiro atoms. The van der Waals surface area contributed by atoms with Crippen molar-refractivity contribution >= 4 is 35.6 Å². The van der Waals surface area contributed by atoms with Crippen LogP contribution >= 0.6 is 24.0 Å². The number of aliphatic imine (C=N–C) groups is 1. The van der Waals surface area contributed by atoms with Crippen LogP contribution in [-0.4, -0.2) is 12.5 Å². The molecule has 0 amide bonds. The van der Waals surface area contributed by atoms with Gasteiger partial charge in [0.2, 0.25) is 0 Å². The number of nitrogens with one attached hydrogen (secondary N) is 1. The summed E-state index contributed by atoms with van der Waals surface area (Å²) in [4.78, 5) is 4.32. The quantitative estimate of drug-likeness (QED) is 0.350. The summed E-state index contributed by atoms with van der Waals surface area (Å²) in [7, 11) is 0. The minimum atomic E-state index is 0. The van der Waals surface area contributed by atoms with Gasteiger partial charge in [-0.1, -0.05) is 45.4 Å². The maximum atomic E-state index is 5.81. The van der Waals surface area contributed by atoms with Crippen LogP contribution in [0.4, 0.5) is 5.69 Å². The fraction of sp³-hybridized carbons (Fsp3) is 0.533. The molecule has 3 N–H and O–H groups in total. The highest BCUT2D eigenvalue weighted by Gasteiger charge is 2.08. The number of hydrogen-bond donors (Lipinski definition) is 2. The SMILES string of the molecule is CC(C)(C)CCCCN=C(N)Nc1ccccc1.I.